The van der Waals surface area contributed by atoms with E-state index in [9.17, 15) is 0 Å². The third-order valence-corrected chi connectivity index (χ3v) is 10.3. The maximum Gasteiger partial charge on any atom is 0.0487 e. The summed E-state index contributed by atoms with van der Waals surface area (Å²) in [4.78, 5) is 2.27. The van der Waals surface area contributed by atoms with Crippen molar-refractivity contribution in [1.29, 1.82) is 0 Å². The molecule has 0 aromatic heterocycles. The molecule has 0 heterocycles. The van der Waals surface area contributed by atoms with Gasteiger partial charge in [-0.15, -0.1) is 0 Å². The van der Waals surface area contributed by atoms with Crippen molar-refractivity contribution in [1.82, 2.24) is 0 Å². The largest absolute Gasteiger partial charge is 0.344 e. The summed E-state index contributed by atoms with van der Waals surface area (Å²) in [5, 5.41) is 2.52. The molecule has 9 aromatic carbocycles. The van der Waals surface area contributed by atoms with Gasteiger partial charge in [-0.3, -0.25) is 0 Å². The first kappa shape index (κ1) is 38.3. The van der Waals surface area contributed by atoms with Crippen LogP contribution in [0.4, 0.5) is 11.4 Å². The second kappa shape index (κ2) is 18.6. The van der Waals surface area contributed by atoms with Crippen LogP contribution in [0.2, 0.25) is 0 Å². The van der Waals surface area contributed by atoms with Crippen molar-refractivity contribution < 1.29 is 0 Å². The van der Waals surface area contributed by atoms with Gasteiger partial charge in [0.15, 0.2) is 0 Å². The molecule has 1 heteroatoms. The molecule has 0 aliphatic rings. The van der Waals surface area contributed by atoms with Gasteiger partial charge in [-0.1, -0.05) is 223 Å². The van der Waals surface area contributed by atoms with Gasteiger partial charge in [0.25, 0.3) is 0 Å². The molecule has 57 heavy (non-hydrogen) atoms. The maximum absolute atomic E-state index is 2.27. The number of hydrogen-bond donors (Lipinski definition) is 0. The third kappa shape index (κ3) is 10.0. The molecule has 278 valence electrons. The third-order valence-electron chi connectivity index (χ3n) is 10.3. The molecule has 9 rings (SSSR count). The van der Waals surface area contributed by atoms with E-state index in [0.717, 1.165) is 0 Å². The number of rotatable bonds is 6. The minimum Gasteiger partial charge on any atom is -0.344 e. The van der Waals surface area contributed by atoms with Crippen molar-refractivity contribution in [2.24, 2.45) is 0 Å². The SMILES string of the molecule is Cc1ccc(-c2ccccc2)cc1.Cc1ccc(-c2ccccc2)cc1.Cc1cccc(-c2ccc(-c3ccccc3N(C)c3ccc4ccccc4c3)cc2)c1. The highest BCUT2D eigenvalue weighted by atomic mass is 15.1. The molecule has 0 spiro atoms. The highest BCUT2D eigenvalue weighted by Gasteiger charge is 2.12. The van der Waals surface area contributed by atoms with Gasteiger partial charge in [-0.05, 0) is 88.7 Å². The van der Waals surface area contributed by atoms with E-state index in [0.29, 0.717) is 0 Å². The molecule has 0 aliphatic heterocycles. The molecule has 1 nitrogen and oxygen atoms in total. The molecule has 0 saturated carbocycles. The van der Waals surface area contributed by atoms with E-state index in [2.05, 4.69) is 245 Å². The van der Waals surface area contributed by atoms with Gasteiger partial charge in [-0.25, -0.2) is 0 Å². The lowest BCUT2D eigenvalue weighted by Crippen LogP contribution is -2.10. The summed E-state index contributed by atoms with van der Waals surface area (Å²) < 4.78 is 0. The monoisotopic (exact) mass is 735 g/mol. The first-order valence-electron chi connectivity index (χ1n) is 19.6. The summed E-state index contributed by atoms with van der Waals surface area (Å²) in [6, 6.07) is 79.4. The molecule has 0 N–H and O–H groups in total. The van der Waals surface area contributed by atoms with Crippen LogP contribution in [0.5, 0.6) is 0 Å². The second-order valence-electron chi connectivity index (χ2n) is 14.5. The average molecular weight is 736 g/mol. The zero-order valence-electron chi connectivity index (χ0n) is 33.3. The predicted octanol–water partition coefficient (Wildman–Crippen LogP) is 15.6. The Balaban J connectivity index is 0.000000156. The van der Waals surface area contributed by atoms with E-state index in [1.165, 1.54) is 83.3 Å². The van der Waals surface area contributed by atoms with Gasteiger partial charge >= 0.3 is 0 Å². The lowest BCUT2D eigenvalue weighted by Gasteiger charge is -2.23. The van der Waals surface area contributed by atoms with Gasteiger partial charge in [0.1, 0.15) is 0 Å². The van der Waals surface area contributed by atoms with Gasteiger partial charge in [-0.2, -0.15) is 0 Å². The van der Waals surface area contributed by atoms with Crippen LogP contribution >= 0.6 is 0 Å². The molecule has 9 aromatic rings. The Morgan fingerprint density at radius 3 is 1.30 bits per heavy atom. The van der Waals surface area contributed by atoms with Crippen LogP contribution in [0.25, 0.3) is 55.3 Å². The Morgan fingerprint density at radius 1 is 0.281 bits per heavy atom. The number of fused-ring (bicyclic) bond motifs is 1. The number of anilines is 2. The fourth-order valence-corrected chi connectivity index (χ4v) is 6.95. The lowest BCUT2D eigenvalue weighted by atomic mass is 9.98. The maximum atomic E-state index is 2.27. The average Bonchev–Trinajstić information content (AvgIpc) is 3.27. The van der Waals surface area contributed by atoms with Gasteiger partial charge in [0, 0.05) is 24.0 Å². The summed E-state index contributed by atoms with van der Waals surface area (Å²) >= 11 is 0. The molecular weight excluding hydrogens is 687 g/mol. The van der Waals surface area contributed by atoms with Crippen molar-refractivity contribution in [3.05, 3.63) is 241 Å². The zero-order chi connectivity index (χ0) is 39.4. The molecule has 0 unspecified atom stereocenters. The van der Waals surface area contributed by atoms with Crippen LogP contribution in [0.15, 0.2) is 224 Å². The van der Waals surface area contributed by atoms with E-state index >= 15 is 0 Å². The van der Waals surface area contributed by atoms with Crippen LogP contribution in [-0.2, 0) is 0 Å². The summed E-state index contributed by atoms with van der Waals surface area (Å²) in [5.74, 6) is 0. The highest BCUT2D eigenvalue weighted by molar-refractivity contribution is 5.89. The molecule has 0 saturated heterocycles. The topological polar surface area (TPSA) is 3.24 Å². The Hall–Kier alpha value is -6.96. The molecule has 0 bridgehead atoms. The van der Waals surface area contributed by atoms with Crippen molar-refractivity contribution in [3.8, 4) is 44.5 Å². The first-order valence-corrected chi connectivity index (χ1v) is 19.6. The van der Waals surface area contributed by atoms with Gasteiger partial charge in [0.05, 0.1) is 0 Å². The smallest absolute Gasteiger partial charge is 0.0487 e. The number of aryl methyl sites for hydroxylation is 3. The second-order valence-corrected chi connectivity index (χ2v) is 14.5. The molecule has 0 aliphatic carbocycles. The number of hydrogen-bond acceptors (Lipinski definition) is 1. The van der Waals surface area contributed by atoms with Crippen LogP contribution in [0.1, 0.15) is 16.7 Å². The van der Waals surface area contributed by atoms with Crippen LogP contribution in [0, 0.1) is 20.8 Å². The van der Waals surface area contributed by atoms with Crippen LogP contribution < -0.4 is 4.90 Å². The zero-order valence-corrected chi connectivity index (χ0v) is 33.3. The quantitative estimate of drug-likeness (QED) is 0.164. The van der Waals surface area contributed by atoms with Crippen molar-refractivity contribution >= 4 is 22.1 Å². The normalized spacial score (nSPS) is 10.5. The molecule has 0 amide bonds. The number of nitrogens with zero attached hydrogens (tertiary/aromatic N) is 1. The van der Waals surface area contributed by atoms with Crippen LogP contribution in [0.3, 0.4) is 0 Å². The Labute approximate surface area is 339 Å². The Bertz CT molecular complexity index is 2540. The summed E-state index contributed by atoms with van der Waals surface area (Å²) in [5.41, 5.74) is 16.4. The summed E-state index contributed by atoms with van der Waals surface area (Å²) in [6.07, 6.45) is 0. The fraction of sp³-hybridized carbons (Fsp3) is 0.0714. The van der Waals surface area contributed by atoms with E-state index < -0.39 is 0 Å². The lowest BCUT2D eigenvalue weighted by molar-refractivity contribution is 1.21. The minimum atomic E-state index is 1.18. The predicted molar refractivity (Wildman–Crippen MR) is 247 cm³/mol. The van der Waals surface area contributed by atoms with E-state index in [1.54, 1.807) is 0 Å². The molecular formula is C56H49N. The number of para-hydroxylation sites is 1. The van der Waals surface area contributed by atoms with Crippen molar-refractivity contribution in [2.75, 3.05) is 11.9 Å². The van der Waals surface area contributed by atoms with Crippen molar-refractivity contribution in [2.45, 2.75) is 20.8 Å². The Morgan fingerprint density at radius 2 is 0.719 bits per heavy atom. The molecule has 0 atom stereocenters. The fourth-order valence-electron chi connectivity index (χ4n) is 6.95. The van der Waals surface area contributed by atoms with E-state index in [1.807, 2.05) is 12.1 Å². The van der Waals surface area contributed by atoms with E-state index in [4.69, 9.17) is 0 Å². The summed E-state index contributed by atoms with van der Waals surface area (Å²) in [6.45, 7) is 6.35. The van der Waals surface area contributed by atoms with Gasteiger partial charge < -0.3 is 4.90 Å². The molecule has 0 radical (unpaired) electrons. The van der Waals surface area contributed by atoms with Gasteiger partial charge in [0.2, 0.25) is 0 Å². The minimum absolute atomic E-state index is 1.18. The Kier molecular flexibility index (Phi) is 12.5. The standard InChI is InChI=1S/C30H25N.2C13H12/c1-22-8-7-11-26(20-22)24-14-16-25(17-15-24)29-12-5-6-13-30(29)31(2)28-19-18-23-9-3-4-10-27(23)21-28;2*1-11-7-9-13(10-8-11)12-5-3-2-4-6-12/h3-21H,1-2H3;2*2-10H,1H3. The summed E-state index contributed by atoms with van der Waals surface area (Å²) in [7, 11) is 2.14. The first-order chi connectivity index (χ1) is 27.9. The molecule has 0 fully saturated rings. The highest BCUT2D eigenvalue weighted by Crippen LogP contribution is 2.36. The number of benzene rings is 9. The van der Waals surface area contributed by atoms with Crippen molar-refractivity contribution in [3.63, 3.8) is 0 Å². The van der Waals surface area contributed by atoms with E-state index in [-0.39, 0.29) is 0 Å². The van der Waals surface area contributed by atoms with Crippen LogP contribution in [-0.4, -0.2) is 7.05 Å².